The van der Waals surface area contributed by atoms with Gasteiger partial charge in [0.05, 0.1) is 11.8 Å². The lowest BCUT2D eigenvalue weighted by atomic mass is 10.1. The average Bonchev–Trinajstić information content (AvgIpc) is 2.94. The summed E-state index contributed by atoms with van der Waals surface area (Å²) < 4.78 is 2.13. The lowest BCUT2D eigenvalue weighted by Crippen LogP contribution is -2.23. The van der Waals surface area contributed by atoms with Crippen molar-refractivity contribution in [3.63, 3.8) is 0 Å². The van der Waals surface area contributed by atoms with Gasteiger partial charge in [-0.25, -0.2) is 4.98 Å². The summed E-state index contributed by atoms with van der Waals surface area (Å²) in [4.78, 5) is 7.19. The second-order valence-corrected chi connectivity index (χ2v) is 5.29. The molecule has 2 aliphatic rings. The molecule has 0 bridgehead atoms. The summed E-state index contributed by atoms with van der Waals surface area (Å²) in [5, 5.41) is 9.61. The van der Waals surface area contributed by atoms with Crippen LogP contribution in [0.4, 0.5) is 0 Å². The maximum atomic E-state index is 9.61. The predicted octanol–water partition coefficient (Wildman–Crippen LogP) is 0.828. The van der Waals surface area contributed by atoms with E-state index < -0.39 is 0 Å². The molecule has 3 heterocycles. The van der Waals surface area contributed by atoms with E-state index in [-0.39, 0.29) is 6.10 Å². The highest BCUT2D eigenvalue weighted by molar-refractivity contribution is 5.07. The molecular weight excluding hydrogens is 214 g/mol. The van der Waals surface area contributed by atoms with E-state index in [0.717, 1.165) is 38.2 Å². The number of rotatable bonds is 3. The first-order chi connectivity index (χ1) is 8.31. The second-order valence-electron chi connectivity index (χ2n) is 5.29. The van der Waals surface area contributed by atoms with Gasteiger partial charge in [-0.15, -0.1) is 0 Å². The molecule has 0 radical (unpaired) electrons. The van der Waals surface area contributed by atoms with Crippen molar-refractivity contribution in [3.05, 3.63) is 17.7 Å². The number of imidazole rings is 1. The van der Waals surface area contributed by atoms with Gasteiger partial charge in [0.15, 0.2) is 0 Å². The molecule has 1 atom stereocenters. The largest absolute Gasteiger partial charge is 0.391 e. The summed E-state index contributed by atoms with van der Waals surface area (Å²) in [5.74, 6) is 1.16. The van der Waals surface area contributed by atoms with Crippen LogP contribution < -0.4 is 0 Å². The van der Waals surface area contributed by atoms with Gasteiger partial charge >= 0.3 is 0 Å². The van der Waals surface area contributed by atoms with Crippen LogP contribution in [-0.4, -0.2) is 45.3 Å². The Kier molecular flexibility index (Phi) is 3.16. The van der Waals surface area contributed by atoms with Crippen LogP contribution in [-0.2, 0) is 19.4 Å². The molecule has 4 nitrogen and oxygen atoms in total. The highest BCUT2D eigenvalue weighted by atomic mass is 16.3. The van der Waals surface area contributed by atoms with Gasteiger partial charge in [-0.05, 0) is 32.4 Å². The zero-order chi connectivity index (χ0) is 11.7. The number of aromatic nitrogens is 2. The number of fused-ring (bicyclic) bond motifs is 1. The summed E-state index contributed by atoms with van der Waals surface area (Å²) in [6.45, 7) is 4.38. The van der Waals surface area contributed by atoms with Crippen molar-refractivity contribution in [2.24, 2.45) is 0 Å². The monoisotopic (exact) mass is 235 g/mol. The predicted molar refractivity (Wildman–Crippen MR) is 65.9 cm³/mol. The minimum Gasteiger partial charge on any atom is -0.391 e. The maximum absolute atomic E-state index is 9.61. The van der Waals surface area contributed by atoms with E-state index in [1.807, 2.05) is 0 Å². The van der Waals surface area contributed by atoms with Crippen LogP contribution >= 0.6 is 0 Å². The van der Waals surface area contributed by atoms with E-state index in [2.05, 4.69) is 20.6 Å². The van der Waals surface area contributed by atoms with E-state index >= 15 is 0 Å². The number of aryl methyl sites for hydroxylation is 1. The van der Waals surface area contributed by atoms with Crippen molar-refractivity contribution in [1.29, 1.82) is 0 Å². The van der Waals surface area contributed by atoms with Gasteiger partial charge in [0.1, 0.15) is 5.82 Å². The fourth-order valence-corrected chi connectivity index (χ4v) is 2.88. The fraction of sp³-hybridized carbons (Fsp3) is 0.769. The first-order valence-corrected chi connectivity index (χ1v) is 6.76. The Hall–Kier alpha value is -0.870. The van der Waals surface area contributed by atoms with E-state index in [4.69, 9.17) is 0 Å². The standard InChI is InChI=1S/C13H21N3O/c17-12-3-4-13-14-11(9-16(13)10-12)5-8-15-6-1-2-7-15/h9,12,17H,1-8,10H2. The summed E-state index contributed by atoms with van der Waals surface area (Å²) in [7, 11) is 0. The van der Waals surface area contributed by atoms with Gasteiger partial charge in [-0.2, -0.15) is 0 Å². The molecule has 1 aromatic heterocycles. The van der Waals surface area contributed by atoms with Crippen molar-refractivity contribution in [3.8, 4) is 0 Å². The average molecular weight is 235 g/mol. The van der Waals surface area contributed by atoms with Crippen molar-refractivity contribution < 1.29 is 5.11 Å². The molecule has 1 saturated heterocycles. The Labute approximate surface area is 102 Å². The molecule has 1 N–H and O–H groups in total. The normalized spacial score (nSPS) is 25.1. The second kappa shape index (κ2) is 4.78. The van der Waals surface area contributed by atoms with E-state index in [1.165, 1.54) is 31.6 Å². The Morgan fingerprint density at radius 3 is 3.00 bits per heavy atom. The number of aliphatic hydroxyl groups is 1. The van der Waals surface area contributed by atoms with Crippen LogP contribution in [0.1, 0.15) is 30.8 Å². The number of hydrogen-bond acceptors (Lipinski definition) is 3. The van der Waals surface area contributed by atoms with Crippen molar-refractivity contribution in [2.45, 2.75) is 44.8 Å². The molecule has 0 saturated carbocycles. The maximum Gasteiger partial charge on any atom is 0.109 e. The molecule has 1 aromatic rings. The molecular formula is C13H21N3O. The molecule has 3 rings (SSSR count). The number of hydrogen-bond donors (Lipinski definition) is 1. The molecule has 0 aromatic carbocycles. The quantitative estimate of drug-likeness (QED) is 0.843. The third kappa shape index (κ3) is 2.53. The minimum absolute atomic E-state index is 0.178. The Morgan fingerprint density at radius 1 is 1.35 bits per heavy atom. The van der Waals surface area contributed by atoms with E-state index in [0.29, 0.717) is 0 Å². The van der Waals surface area contributed by atoms with Gasteiger partial charge in [0.25, 0.3) is 0 Å². The molecule has 0 amide bonds. The Bertz CT molecular complexity index is 382. The summed E-state index contributed by atoms with van der Waals surface area (Å²) in [6.07, 6.45) is 7.50. The zero-order valence-electron chi connectivity index (χ0n) is 10.3. The number of aliphatic hydroxyl groups excluding tert-OH is 1. The Morgan fingerprint density at radius 2 is 2.18 bits per heavy atom. The Balaban J connectivity index is 1.60. The molecule has 4 heteroatoms. The summed E-state index contributed by atoms with van der Waals surface area (Å²) in [5.41, 5.74) is 1.20. The summed E-state index contributed by atoms with van der Waals surface area (Å²) in [6, 6.07) is 0. The minimum atomic E-state index is -0.178. The summed E-state index contributed by atoms with van der Waals surface area (Å²) >= 11 is 0. The third-order valence-electron chi connectivity index (χ3n) is 3.90. The van der Waals surface area contributed by atoms with Gasteiger partial charge in [-0.1, -0.05) is 0 Å². The van der Waals surface area contributed by atoms with Crippen molar-refractivity contribution >= 4 is 0 Å². The van der Waals surface area contributed by atoms with Crippen molar-refractivity contribution in [1.82, 2.24) is 14.5 Å². The molecule has 94 valence electrons. The molecule has 0 spiro atoms. The lowest BCUT2D eigenvalue weighted by Gasteiger charge is -2.18. The van der Waals surface area contributed by atoms with Crippen LogP contribution in [0.5, 0.6) is 0 Å². The smallest absolute Gasteiger partial charge is 0.109 e. The van der Waals surface area contributed by atoms with Gasteiger partial charge in [-0.3, -0.25) is 0 Å². The topological polar surface area (TPSA) is 41.3 Å². The van der Waals surface area contributed by atoms with Crippen LogP contribution in [0.15, 0.2) is 6.20 Å². The van der Waals surface area contributed by atoms with Crippen LogP contribution in [0.2, 0.25) is 0 Å². The molecule has 17 heavy (non-hydrogen) atoms. The third-order valence-corrected chi connectivity index (χ3v) is 3.90. The van der Waals surface area contributed by atoms with Crippen LogP contribution in [0.3, 0.4) is 0 Å². The van der Waals surface area contributed by atoms with E-state index in [9.17, 15) is 5.11 Å². The zero-order valence-corrected chi connectivity index (χ0v) is 10.3. The first-order valence-electron chi connectivity index (χ1n) is 6.76. The highest BCUT2D eigenvalue weighted by Gasteiger charge is 2.18. The SMILES string of the molecule is OC1CCc2nc(CCN3CCCC3)cn2C1. The van der Waals surface area contributed by atoms with Crippen LogP contribution in [0.25, 0.3) is 0 Å². The van der Waals surface area contributed by atoms with Gasteiger partial charge in [0.2, 0.25) is 0 Å². The van der Waals surface area contributed by atoms with Gasteiger partial charge < -0.3 is 14.6 Å². The lowest BCUT2D eigenvalue weighted by molar-refractivity contribution is 0.130. The first kappa shape index (κ1) is 11.2. The number of nitrogens with zero attached hydrogens (tertiary/aromatic N) is 3. The fourth-order valence-electron chi connectivity index (χ4n) is 2.88. The van der Waals surface area contributed by atoms with E-state index in [1.54, 1.807) is 0 Å². The number of likely N-dealkylation sites (tertiary alicyclic amines) is 1. The van der Waals surface area contributed by atoms with Crippen LogP contribution in [0, 0.1) is 0 Å². The van der Waals surface area contributed by atoms with Gasteiger partial charge in [0, 0.05) is 32.1 Å². The van der Waals surface area contributed by atoms with Crippen molar-refractivity contribution in [2.75, 3.05) is 19.6 Å². The molecule has 0 aliphatic carbocycles. The highest BCUT2D eigenvalue weighted by Crippen LogP contribution is 2.16. The molecule has 1 unspecified atom stereocenters. The molecule has 2 aliphatic heterocycles. The molecule has 1 fully saturated rings.